The molecule has 27 heavy (non-hydrogen) atoms. The number of benzene rings is 3. The zero-order valence-corrected chi connectivity index (χ0v) is 16.7. The third-order valence-electron chi connectivity index (χ3n) is 5.35. The lowest BCUT2D eigenvalue weighted by Gasteiger charge is -2.18. The van der Waals surface area contributed by atoms with Gasteiger partial charge in [-0.1, -0.05) is 72.4 Å². The number of nitrogens with one attached hydrogen (secondary N) is 1. The molecule has 0 amide bonds. The monoisotopic (exact) mass is 399 g/mol. The average Bonchev–Trinajstić information content (AvgIpc) is 3.20. The maximum atomic E-state index is 6.30. The van der Waals surface area contributed by atoms with Gasteiger partial charge in [-0.05, 0) is 41.8 Å². The van der Waals surface area contributed by atoms with Crippen LogP contribution < -0.4 is 10.1 Å². The first-order chi connectivity index (χ1) is 13.2. The minimum Gasteiger partial charge on any atom is -0.488 e. The van der Waals surface area contributed by atoms with Crippen molar-refractivity contribution in [3.8, 4) is 5.75 Å². The van der Waals surface area contributed by atoms with E-state index < -0.39 is 0 Å². The SMILES string of the molecule is Clc1cccc(Cl)c1COc1ccc2ccccc2c1CNC1CCCC1. The van der Waals surface area contributed by atoms with Gasteiger partial charge in [0.05, 0.1) is 0 Å². The van der Waals surface area contributed by atoms with Crippen molar-refractivity contribution in [2.75, 3.05) is 0 Å². The molecule has 0 heterocycles. The standard InChI is InChI=1S/C23H23Cl2NO/c24-21-10-5-11-22(25)20(21)15-27-23-13-12-16-6-1-4-9-18(16)19(23)14-26-17-7-2-3-8-17/h1,4-6,9-13,17,26H,2-3,7-8,14-15H2. The molecule has 4 heteroatoms. The Labute approximate surface area is 170 Å². The maximum Gasteiger partial charge on any atom is 0.124 e. The fourth-order valence-corrected chi connectivity index (χ4v) is 4.34. The van der Waals surface area contributed by atoms with E-state index in [1.807, 2.05) is 18.2 Å². The summed E-state index contributed by atoms with van der Waals surface area (Å²) in [5.74, 6) is 0.884. The molecule has 3 aromatic carbocycles. The van der Waals surface area contributed by atoms with Crippen molar-refractivity contribution in [2.45, 2.75) is 44.9 Å². The Morgan fingerprint density at radius 2 is 1.59 bits per heavy atom. The highest BCUT2D eigenvalue weighted by Gasteiger charge is 2.17. The second-order valence-corrected chi connectivity index (χ2v) is 7.93. The summed E-state index contributed by atoms with van der Waals surface area (Å²) in [7, 11) is 0. The number of rotatable bonds is 6. The van der Waals surface area contributed by atoms with Gasteiger partial charge in [-0.2, -0.15) is 0 Å². The first kappa shape index (κ1) is 18.6. The summed E-state index contributed by atoms with van der Waals surface area (Å²) in [6.45, 7) is 1.16. The van der Waals surface area contributed by atoms with Gasteiger partial charge in [0.15, 0.2) is 0 Å². The van der Waals surface area contributed by atoms with Gasteiger partial charge in [0.25, 0.3) is 0 Å². The molecule has 0 saturated heterocycles. The van der Waals surface area contributed by atoms with E-state index in [0.717, 1.165) is 17.9 Å². The van der Waals surface area contributed by atoms with Gasteiger partial charge in [-0.3, -0.25) is 0 Å². The molecule has 140 valence electrons. The lowest BCUT2D eigenvalue weighted by atomic mass is 10.0. The lowest BCUT2D eigenvalue weighted by molar-refractivity contribution is 0.302. The van der Waals surface area contributed by atoms with Crippen LogP contribution in [0.3, 0.4) is 0 Å². The Kier molecular flexibility index (Phi) is 5.87. The zero-order chi connectivity index (χ0) is 18.6. The van der Waals surface area contributed by atoms with Crippen molar-refractivity contribution in [3.05, 3.63) is 75.8 Å². The molecule has 1 N–H and O–H groups in total. The first-order valence-electron chi connectivity index (χ1n) is 9.52. The summed E-state index contributed by atoms with van der Waals surface area (Å²) in [6.07, 6.45) is 5.16. The molecule has 4 rings (SSSR count). The second-order valence-electron chi connectivity index (χ2n) is 7.11. The van der Waals surface area contributed by atoms with Crippen molar-refractivity contribution in [1.29, 1.82) is 0 Å². The van der Waals surface area contributed by atoms with E-state index in [9.17, 15) is 0 Å². The molecule has 1 aliphatic carbocycles. The van der Waals surface area contributed by atoms with Crippen LogP contribution in [0, 0.1) is 0 Å². The van der Waals surface area contributed by atoms with Gasteiger partial charge >= 0.3 is 0 Å². The van der Waals surface area contributed by atoms with Crippen LogP contribution in [0.4, 0.5) is 0 Å². The molecule has 1 saturated carbocycles. The van der Waals surface area contributed by atoms with Crippen molar-refractivity contribution in [1.82, 2.24) is 5.32 Å². The van der Waals surface area contributed by atoms with Gasteiger partial charge < -0.3 is 10.1 Å². The fourth-order valence-electron chi connectivity index (χ4n) is 3.83. The van der Waals surface area contributed by atoms with E-state index in [0.29, 0.717) is 22.7 Å². The summed E-state index contributed by atoms with van der Waals surface area (Å²) in [5, 5.41) is 7.44. The molecule has 0 atom stereocenters. The highest BCUT2D eigenvalue weighted by Crippen LogP contribution is 2.31. The van der Waals surface area contributed by atoms with Crippen LogP contribution in [0.5, 0.6) is 5.75 Å². The van der Waals surface area contributed by atoms with Crippen molar-refractivity contribution in [2.24, 2.45) is 0 Å². The minimum absolute atomic E-state index is 0.354. The van der Waals surface area contributed by atoms with Crippen LogP contribution in [-0.4, -0.2) is 6.04 Å². The topological polar surface area (TPSA) is 21.3 Å². The Balaban J connectivity index is 1.61. The summed E-state index contributed by atoms with van der Waals surface area (Å²) < 4.78 is 6.20. The molecule has 3 aromatic rings. The van der Waals surface area contributed by atoms with Crippen LogP contribution >= 0.6 is 23.2 Å². The molecule has 1 aliphatic rings. The molecule has 0 radical (unpaired) electrons. The van der Waals surface area contributed by atoms with E-state index in [-0.39, 0.29) is 0 Å². The van der Waals surface area contributed by atoms with Gasteiger partial charge in [-0.15, -0.1) is 0 Å². The molecule has 0 aliphatic heterocycles. The Morgan fingerprint density at radius 3 is 2.37 bits per heavy atom. The average molecular weight is 400 g/mol. The third kappa shape index (κ3) is 4.24. The van der Waals surface area contributed by atoms with Gasteiger partial charge in [-0.25, -0.2) is 0 Å². The molecular weight excluding hydrogens is 377 g/mol. The highest BCUT2D eigenvalue weighted by molar-refractivity contribution is 6.35. The van der Waals surface area contributed by atoms with Crippen LogP contribution in [0.25, 0.3) is 10.8 Å². The zero-order valence-electron chi connectivity index (χ0n) is 15.2. The van der Waals surface area contributed by atoms with Crippen molar-refractivity contribution < 1.29 is 4.74 Å². The normalized spacial score (nSPS) is 14.7. The van der Waals surface area contributed by atoms with E-state index in [1.54, 1.807) is 0 Å². The maximum absolute atomic E-state index is 6.30. The fraction of sp³-hybridized carbons (Fsp3) is 0.304. The Morgan fingerprint density at radius 1 is 0.852 bits per heavy atom. The van der Waals surface area contributed by atoms with Crippen LogP contribution in [0.1, 0.15) is 36.8 Å². The van der Waals surface area contributed by atoms with E-state index in [2.05, 4.69) is 41.7 Å². The number of hydrogen-bond donors (Lipinski definition) is 1. The third-order valence-corrected chi connectivity index (χ3v) is 6.06. The van der Waals surface area contributed by atoms with Gasteiger partial charge in [0, 0.05) is 33.8 Å². The Hall–Kier alpha value is -1.74. The number of fused-ring (bicyclic) bond motifs is 1. The number of ether oxygens (including phenoxy) is 1. The molecule has 0 bridgehead atoms. The Bertz CT molecular complexity index is 915. The molecule has 0 unspecified atom stereocenters. The van der Waals surface area contributed by atoms with E-state index in [4.69, 9.17) is 27.9 Å². The predicted octanol–water partition coefficient (Wildman–Crippen LogP) is 6.76. The van der Waals surface area contributed by atoms with E-state index >= 15 is 0 Å². The first-order valence-corrected chi connectivity index (χ1v) is 10.3. The molecular formula is C23H23Cl2NO. The van der Waals surface area contributed by atoms with Gasteiger partial charge in [0.2, 0.25) is 0 Å². The summed E-state index contributed by atoms with van der Waals surface area (Å²) in [5.41, 5.74) is 2.02. The largest absolute Gasteiger partial charge is 0.488 e. The van der Waals surface area contributed by atoms with Gasteiger partial charge in [0.1, 0.15) is 12.4 Å². The van der Waals surface area contributed by atoms with Crippen molar-refractivity contribution >= 4 is 34.0 Å². The van der Waals surface area contributed by atoms with Crippen molar-refractivity contribution in [3.63, 3.8) is 0 Å². The summed E-state index contributed by atoms with van der Waals surface area (Å²) in [4.78, 5) is 0. The number of halogens is 2. The number of hydrogen-bond acceptors (Lipinski definition) is 2. The smallest absolute Gasteiger partial charge is 0.124 e. The summed E-state index contributed by atoms with van der Waals surface area (Å²) in [6, 6.07) is 18.8. The summed E-state index contributed by atoms with van der Waals surface area (Å²) >= 11 is 12.6. The molecule has 1 fully saturated rings. The van der Waals surface area contributed by atoms with Crippen LogP contribution in [0.2, 0.25) is 10.0 Å². The molecule has 0 aromatic heterocycles. The lowest BCUT2D eigenvalue weighted by Crippen LogP contribution is -2.25. The highest BCUT2D eigenvalue weighted by atomic mass is 35.5. The minimum atomic E-state index is 0.354. The van der Waals surface area contributed by atoms with E-state index in [1.165, 1.54) is 42.0 Å². The quantitative estimate of drug-likeness (QED) is 0.494. The predicted molar refractivity (Wildman–Crippen MR) is 114 cm³/mol. The second kappa shape index (κ2) is 8.52. The molecule has 2 nitrogen and oxygen atoms in total. The molecule has 0 spiro atoms. The van der Waals surface area contributed by atoms with Crippen LogP contribution in [-0.2, 0) is 13.2 Å². The van der Waals surface area contributed by atoms with Crippen LogP contribution in [0.15, 0.2) is 54.6 Å².